The Bertz CT molecular complexity index is 866. The van der Waals surface area contributed by atoms with Crippen molar-refractivity contribution in [1.29, 1.82) is 0 Å². The maximum atomic E-state index is 11.3. The molecule has 0 fully saturated rings. The molecule has 0 aliphatic rings. The highest BCUT2D eigenvalue weighted by atomic mass is 16.5. The van der Waals surface area contributed by atoms with E-state index in [9.17, 15) is 4.79 Å². The minimum absolute atomic E-state index is 0.308. The fraction of sp³-hybridized carbons (Fsp3) is 0.433. The monoisotopic (exact) mass is 464 g/mol. The smallest absolute Gasteiger partial charge is 0.333 e. The molecule has 2 aromatic rings. The van der Waals surface area contributed by atoms with Crippen LogP contribution in [0.2, 0.25) is 0 Å². The summed E-state index contributed by atoms with van der Waals surface area (Å²) < 4.78 is 16.7. The van der Waals surface area contributed by atoms with Gasteiger partial charge < -0.3 is 14.2 Å². The fourth-order valence-electron chi connectivity index (χ4n) is 3.30. The average molecular weight is 465 g/mol. The van der Waals surface area contributed by atoms with Gasteiger partial charge >= 0.3 is 5.97 Å². The minimum atomic E-state index is -0.308. The third kappa shape index (κ3) is 11.7. The molecule has 4 nitrogen and oxygen atoms in total. The van der Waals surface area contributed by atoms with Crippen LogP contribution in [0.5, 0.6) is 11.5 Å². The quantitative estimate of drug-likeness (QED) is 0.103. The van der Waals surface area contributed by atoms with Gasteiger partial charge in [-0.1, -0.05) is 69.2 Å². The molecule has 0 aliphatic carbocycles. The van der Waals surface area contributed by atoms with Crippen molar-refractivity contribution in [3.05, 3.63) is 71.8 Å². The van der Waals surface area contributed by atoms with Gasteiger partial charge in [0.05, 0.1) is 19.8 Å². The van der Waals surface area contributed by atoms with Crippen molar-refractivity contribution in [3.63, 3.8) is 0 Å². The lowest BCUT2D eigenvalue weighted by atomic mass is 10.1. The first-order valence-corrected chi connectivity index (χ1v) is 12.5. The summed E-state index contributed by atoms with van der Waals surface area (Å²) in [4.78, 5) is 11.3. The minimum Gasteiger partial charge on any atom is -0.494 e. The Morgan fingerprint density at radius 3 is 1.59 bits per heavy atom. The van der Waals surface area contributed by atoms with Gasteiger partial charge in [0, 0.05) is 5.57 Å². The predicted octanol–water partition coefficient (Wildman–Crippen LogP) is 7.87. The molecule has 34 heavy (non-hydrogen) atoms. The van der Waals surface area contributed by atoms with E-state index in [-0.39, 0.29) is 5.97 Å². The molecule has 2 rings (SSSR count). The Labute approximate surface area is 205 Å². The van der Waals surface area contributed by atoms with E-state index in [1.165, 1.54) is 19.3 Å². The molecular weight excluding hydrogens is 424 g/mol. The molecule has 0 saturated carbocycles. The van der Waals surface area contributed by atoms with Gasteiger partial charge in [-0.15, -0.1) is 0 Å². The second-order valence-corrected chi connectivity index (χ2v) is 8.56. The van der Waals surface area contributed by atoms with E-state index < -0.39 is 0 Å². The van der Waals surface area contributed by atoms with Gasteiger partial charge in [0.25, 0.3) is 0 Å². The van der Waals surface area contributed by atoms with Crippen molar-refractivity contribution >= 4 is 18.1 Å². The van der Waals surface area contributed by atoms with Gasteiger partial charge in [-0.05, 0) is 74.4 Å². The van der Waals surface area contributed by atoms with Crippen LogP contribution in [-0.4, -0.2) is 25.8 Å². The molecule has 0 amide bonds. The molecule has 0 bridgehead atoms. The lowest BCUT2D eigenvalue weighted by Gasteiger charge is -2.07. The maximum Gasteiger partial charge on any atom is 0.333 e. The summed E-state index contributed by atoms with van der Waals surface area (Å²) >= 11 is 0. The number of hydrogen-bond acceptors (Lipinski definition) is 4. The standard InChI is InChI=1S/C30H40O4/c1-4-5-6-9-22-32-28-18-14-26(15-19-28)12-13-27-16-20-29(21-17-27)33-23-10-7-8-11-24-34-30(31)25(2)3/h12-21H,2,4-11,22-24H2,1,3H3/b13-12+. The first-order chi connectivity index (χ1) is 16.6. The molecule has 0 N–H and O–H groups in total. The number of unbranched alkanes of at least 4 members (excludes halogenated alkanes) is 6. The number of benzene rings is 2. The van der Waals surface area contributed by atoms with Crippen molar-refractivity contribution in [1.82, 2.24) is 0 Å². The van der Waals surface area contributed by atoms with Crippen LogP contribution in [0.15, 0.2) is 60.7 Å². The number of carbonyl (C=O) groups excluding carboxylic acids is 1. The molecule has 0 unspecified atom stereocenters. The second-order valence-electron chi connectivity index (χ2n) is 8.56. The summed E-state index contributed by atoms with van der Waals surface area (Å²) in [5, 5.41) is 0. The Balaban J connectivity index is 1.61. The van der Waals surface area contributed by atoms with Gasteiger partial charge in [0.1, 0.15) is 11.5 Å². The molecule has 2 aromatic carbocycles. The first kappa shape index (κ1) is 27.2. The summed E-state index contributed by atoms with van der Waals surface area (Å²) in [6, 6.07) is 16.4. The average Bonchev–Trinajstić information content (AvgIpc) is 2.85. The van der Waals surface area contributed by atoms with Gasteiger partial charge in [0.2, 0.25) is 0 Å². The molecule has 0 aliphatic heterocycles. The number of esters is 1. The molecular formula is C30H40O4. The molecule has 0 heterocycles. The van der Waals surface area contributed by atoms with Crippen LogP contribution in [0.25, 0.3) is 12.2 Å². The van der Waals surface area contributed by atoms with Crippen LogP contribution >= 0.6 is 0 Å². The van der Waals surface area contributed by atoms with Crippen LogP contribution in [0.4, 0.5) is 0 Å². The topological polar surface area (TPSA) is 44.8 Å². The Morgan fingerprint density at radius 2 is 1.15 bits per heavy atom. The van der Waals surface area contributed by atoms with Crippen LogP contribution in [0, 0.1) is 0 Å². The lowest BCUT2D eigenvalue weighted by molar-refractivity contribution is -0.139. The highest BCUT2D eigenvalue weighted by Crippen LogP contribution is 2.17. The largest absolute Gasteiger partial charge is 0.494 e. The number of ether oxygens (including phenoxy) is 3. The van der Waals surface area contributed by atoms with Crippen LogP contribution in [0.3, 0.4) is 0 Å². The molecule has 0 aromatic heterocycles. The van der Waals surface area contributed by atoms with Crippen molar-refractivity contribution in [2.45, 2.75) is 65.2 Å². The van der Waals surface area contributed by atoms with Gasteiger partial charge in [0.15, 0.2) is 0 Å². The fourth-order valence-corrected chi connectivity index (χ4v) is 3.30. The van der Waals surface area contributed by atoms with Crippen LogP contribution in [-0.2, 0) is 9.53 Å². The molecule has 4 heteroatoms. The maximum absolute atomic E-state index is 11.3. The number of rotatable bonds is 17. The van der Waals surface area contributed by atoms with Crippen LogP contribution in [0.1, 0.15) is 76.3 Å². The van der Waals surface area contributed by atoms with E-state index in [4.69, 9.17) is 14.2 Å². The molecule has 0 spiro atoms. The highest BCUT2D eigenvalue weighted by molar-refractivity contribution is 5.86. The molecule has 0 radical (unpaired) electrons. The zero-order valence-corrected chi connectivity index (χ0v) is 20.9. The van der Waals surface area contributed by atoms with Gasteiger partial charge in [-0.2, -0.15) is 0 Å². The van der Waals surface area contributed by atoms with Crippen molar-refractivity contribution in [3.8, 4) is 11.5 Å². The summed E-state index contributed by atoms with van der Waals surface area (Å²) in [6.45, 7) is 9.38. The molecule has 0 atom stereocenters. The third-order valence-corrected chi connectivity index (χ3v) is 5.38. The van der Waals surface area contributed by atoms with E-state index >= 15 is 0 Å². The Hall–Kier alpha value is -3.01. The van der Waals surface area contributed by atoms with E-state index in [0.717, 1.165) is 61.3 Å². The Kier molecular flexibility index (Phi) is 13.3. The predicted molar refractivity (Wildman–Crippen MR) is 141 cm³/mol. The highest BCUT2D eigenvalue weighted by Gasteiger charge is 2.02. The summed E-state index contributed by atoms with van der Waals surface area (Å²) in [6.07, 6.45) is 13.0. The normalized spacial score (nSPS) is 10.9. The van der Waals surface area contributed by atoms with Crippen molar-refractivity contribution < 1.29 is 19.0 Å². The molecule has 0 saturated heterocycles. The Morgan fingerprint density at radius 1 is 0.706 bits per heavy atom. The number of hydrogen-bond donors (Lipinski definition) is 0. The zero-order chi connectivity index (χ0) is 24.4. The van der Waals surface area contributed by atoms with Crippen molar-refractivity contribution in [2.24, 2.45) is 0 Å². The van der Waals surface area contributed by atoms with Gasteiger partial charge in [-0.3, -0.25) is 0 Å². The summed E-state index contributed by atoms with van der Waals surface area (Å²) in [5.74, 6) is 1.51. The van der Waals surface area contributed by atoms with E-state index in [1.807, 2.05) is 24.3 Å². The number of carbonyl (C=O) groups is 1. The third-order valence-electron chi connectivity index (χ3n) is 5.38. The summed E-state index contributed by atoms with van der Waals surface area (Å²) in [5.41, 5.74) is 2.73. The van der Waals surface area contributed by atoms with Crippen LogP contribution < -0.4 is 9.47 Å². The van der Waals surface area contributed by atoms with E-state index in [0.29, 0.717) is 18.8 Å². The van der Waals surface area contributed by atoms with E-state index in [1.54, 1.807) is 6.92 Å². The first-order valence-electron chi connectivity index (χ1n) is 12.5. The van der Waals surface area contributed by atoms with Gasteiger partial charge in [-0.25, -0.2) is 4.79 Å². The molecule has 184 valence electrons. The summed E-state index contributed by atoms with van der Waals surface area (Å²) in [7, 11) is 0. The SMILES string of the molecule is C=C(C)C(=O)OCCCCCCOc1ccc(/C=C/c2ccc(OCCCCCC)cc2)cc1. The second kappa shape index (κ2) is 16.6. The van der Waals surface area contributed by atoms with E-state index in [2.05, 4.69) is 49.9 Å². The zero-order valence-electron chi connectivity index (χ0n) is 20.9. The lowest BCUT2D eigenvalue weighted by Crippen LogP contribution is -2.06. The van der Waals surface area contributed by atoms with Crippen molar-refractivity contribution in [2.75, 3.05) is 19.8 Å².